The zero-order chi connectivity index (χ0) is 22.1. The van der Waals surface area contributed by atoms with Crippen LogP contribution in [0.25, 0.3) is 10.4 Å². The predicted molar refractivity (Wildman–Crippen MR) is 123 cm³/mol. The van der Waals surface area contributed by atoms with E-state index in [-0.39, 0.29) is 17.5 Å². The average Bonchev–Trinajstić information content (AvgIpc) is 3.48. The molecule has 0 atom stereocenters. The molecule has 5 rings (SSSR count). The molecule has 32 heavy (non-hydrogen) atoms. The van der Waals surface area contributed by atoms with Gasteiger partial charge >= 0.3 is 5.69 Å². The second-order valence-electron chi connectivity index (χ2n) is 8.12. The Hall–Kier alpha value is -3.11. The fourth-order valence-corrected chi connectivity index (χ4v) is 4.81. The van der Waals surface area contributed by atoms with Crippen molar-refractivity contribution < 1.29 is 9.31 Å². The molecular formula is C22H23FN6O2S. The number of nitro groups is 1. The van der Waals surface area contributed by atoms with Crippen LogP contribution in [0.2, 0.25) is 0 Å². The Labute approximate surface area is 188 Å². The van der Waals surface area contributed by atoms with Gasteiger partial charge in [-0.2, -0.15) is 4.98 Å². The molecule has 0 unspecified atom stereocenters. The summed E-state index contributed by atoms with van der Waals surface area (Å²) in [5.74, 6) is 0.619. The van der Waals surface area contributed by atoms with Gasteiger partial charge in [0.2, 0.25) is 11.8 Å². The maximum atomic E-state index is 13.5. The maximum absolute atomic E-state index is 13.5. The van der Waals surface area contributed by atoms with E-state index in [4.69, 9.17) is 0 Å². The molecular weight excluding hydrogens is 431 g/mol. The van der Waals surface area contributed by atoms with Gasteiger partial charge in [0.25, 0.3) is 0 Å². The van der Waals surface area contributed by atoms with Gasteiger partial charge in [0.05, 0.1) is 4.92 Å². The topological polar surface area (TPSA) is 87.4 Å². The van der Waals surface area contributed by atoms with Gasteiger partial charge in [0, 0.05) is 48.5 Å². The Balaban J connectivity index is 1.21. The smallest absolute Gasteiger partial charge is 0.329 e. The van der Waals surface area contributed by atoms with E-state index in [9.17, 15) is 14.5 Å². The lowest BCUT2D eigenvalue weighted by atomic mass is 10.2. The highest BCUT2D eigenvalue weighted by atomic mass is 32.1. The van der Waals surface area contributed by atoms with E-state index in [1.54, 1.807) is 23.5 Å². The van der Waals surface area contributed by atoms with E-state index >= 15 is 0 Å². The molecule has 0 bridgehead atoms. The minimum atomic E-state index is -0.439. The molecule has 0 radical (unpaired) electrons. The van der Waals surface area contributed by atoms with Gasteiger partial charge in [-0.05, 0) is 42.7 Å². The van der Waals surface area contributed by atoms with E-state index < -0.39 is 4.92 Å². The zero-order valence-corrected chi connectivity index (χ0v) is 18.2. The van der Waals surface area contributed by atoms with Crippen LogP contribution in [0.15, 0.2) is 42.6 Å². The molecule has 0 amide bonds. The quantitative estimate of drug-likeness (QED) is 0.424. The normalized spacial score (nSPS) is 16.8. The van der Waals surface area contributed by atoms with Crippen LogP contribution in [-0.2, 0) is 6.54 Å². The van der Waals surface area contributed by atoms with Crippen molar-refractivity contribution in [3.63, 3.8) is 0 Å². The van der Waals surface area contributed by atoms with Crippen LogP contribution in [0, 0.1) is 15.9 Å². The first-order chi connectivity index (χ1) is 15.5. The number of thiophene rings is 1. The highest BCUT2D eigenvalue weighted by Gasteiger charge is 2.28. The lowest BCUT2D eigenvalue weighted by Gasteiger charge is -2.34. The maximum Gasteiger partial charge on any atom is 0.329 e. The fourth-order valence-electron chi connectivity index (χ4n) is 3.77. The van der Waals surface area contributed by atoms with Crippen molar-refractivity contribution >= 4 is 28.8 Å². The molecule has 1 aromatic carbocycles. The monoisotopic (exact) mass is 454 g/mol. The van der Waals surface area contributed by atoms with Gasteiger partial charge in [-0.3, -0.25) is 15.0 Å². The molecule has 1 aliphatic carbocycles. The molecule has 10 heteroatoms. The molecule has 1 saturated carbocycles. The van der Waals surface area contributed by atoms with Crippen LogP contribution < -0.4 is 10.2 Å². The molecule has 1 aliphatic heterocycles. The number of piperazine rings is 1. The molecule has 8 nitrogen and oxygen atoms in total. The SMILES string of the molecule is O=[N+]([O-])c1cnc(N2CCN(Cc3ccc(-c4cccc(F)c4)s3)CC2)nc1NC1CC1. The number of hydrogen-bond acceptors (Lipinski definition) is 8. The molecule has 1 N–H and O–H groups in total. The van der Waals surface area contributed by atoms with Crippen LogP contribution in [0.1, 0.15) is 17.7 Å². The summed E-state index contributed by atoms with van der Waals surface area (Å²) in [6.45, 7) is 4.03. The van der Waals surface area contributed by atoms with Gasteiger partial charge in [0.15, 0.2) is 0 Å². The van der Waals surface area contributed by atoms with Gasteiger partial charge in [0.1, 0.15) is 12.0 Å². The second-order valence-corrected chi connectivity index (χ2v) is 9.29. The largest absolute Gasteiger partial charge is 0.361 e. The van der Waals surface area contributed by atoms with Gasteiger partial charge in [-0.15, -0.1) is 11.3 Å². The second kappa shape index (κ2) is 8.79. The molecule has 2 aliphatic rings. The molecule has 3 heterocycles. The van der Waals surface area contributed by atoms with E-state index in [2.05, 4.69) is 31.2 Å². The average molecular weight is 455 g/mol. The lowest BCUT2D eigenvalue weighted by Crippen LogP contribution is -2.46. The highest BCUT2D eigenvalue weighted by Crippen LogP contribution is 2.31. The van der Waals surface area contributed by atoms with Crippen LogP contribution in [-0.4, -0.2) is 52.0 Å². The Morgan fingerprint density at radius 2 is 2.00 bits per heavy atom. The minimum Gasteiger partial charge on any atom is -0.361 e. The standard InChI is InChI=1S/C22H23FN6O2S/c23-16-3-1-2-15(12-16)20-7-6-18(32-20)14-27-8-10-28(11-9-27)22-24-13-19(29(30)31)21(26-22)25-17-4-5-17/h1-3,6-7,12-13,17H,4-5,8-11,14H2,(H,24,25,26). The van der Waals surface area contributed by atoms with Gasteiger partial charge in [-0.25, -0.2) is 9.37 Å². The summed E-state index contributed by atoms with van der Waals surface area (Å²) < 4.78 is 13.5. The Morgan fingerprint density at radius 1 is 1.19 bits per heavy atom. The summed E-state index contributed by atoms with van der Waals surface area (Å²) >= 11 is 1.68. The molecule has 2 aromatic heterocycles. The number of nitrogens with zero attached hydrogens (tertiary/aromatic N) is 5. The first kappa shape index (κ1) is 20.8. The number of benzene rings is 1. The Kier molecular flexibility index (Phi) is 5.71. The summed E-state index contributed by atoms with van der Waals surface area (Å²) in [6.07, 6.45) is 3.33. The van der Waals surface area contributed by atoms with Crippen molar-refractivity contribution in [2.75, 3.05) is 36.4 Å². The van der Waals surface area contributed by atoms with Crippen molar-refractivity contribution in [3.8, 4) is 10.4 Å². The third kappa shape index (κ3) is 4.71. The first-order valence-electron chi connectivity index (χ1n) is 10.6. The molecule has 0 spiro atoms. The number of rotatable bonds is 7. The van der Waals surface area contributed by atoms with Crippen LogP contribution >= 0.6 is 11.3 Å². The fraction of sp³-hybridized carbons (Fsp3) is 0.364. The lowest BCUT2D eigenvalue weighted by molar-refractivity contribution is -0.384. The van der Waals surface area contributed by atoms with Crippen molar-refractivity contribution in [1.29, 1.82) is 0 Å². The van der Waals surface area contributed by atoms with Gasteiger partial charge < -0.3 is 10.2 Å². The molecule has 166 valence electrons. The van der Waals surface area contributed by atoms with E-state index in [1.807, 2.05) is 12.1 Å². The number of nitrogens with one attached hydrogen (secondary N) is 1. The van der Waals surface area contributed by atoms with Crippen LogP contribution in [0.4, 0.5) is 21.8 Å². The van der Waals surface area contributed by atoms with Crippen LogP contribution in [0.3, 0.4) is 0 Å². The minimum absolute atomic E-state index is 0.0777. The zero-order valence-electron chi connectivity index (χ0n) is 17.4. The number of aromatic nitrogens is 2. The summed E-state index contributed by atoms with van der Waals surface area (Å²) in [5.41, 5.74) is 0.822. The number of anilines is 2. The predicted octanol–water partition coefficient (Wildman–Crippen LogP) is 4.15. The highest BCUT2D eigenvalue weighted by molar-refractivity contribution is 7.15. The number of hydrogen-bond donors (Lipinski definition) is 1. The summed E-state index contributed by atoms with van der Waals surface area (Å²) in [6, 6.07) is 11.1. The molecule has 2 fully saturated rings. The van der Waals surface area contributed by atoms with Crippen molar-refractivity contribution in [1.82, 2.24) is 14.9 Å². The van der Waals surface area contributed by atoms with Crippen molar-refractivity contribution in [2.24, 2.45) is 0 Å². The van der Waals surface area contributed by atoms with Gasteiger partial charge in [-0.1, -0.05) is 12.1 Å². The Bertz CT molecular complexity index is 1130. The van der Waals surface area contributed by atoms with Crippen molar-refractivity contribution in [2.45, 2.75) is 25.4 Å². The van der Waals surface area contributed by atoms with Crippen molar-refractivity contribution in [3.05, 3.63) is 63.4 Å². The summed E-state index contributed by atoms with van der Waals surface area (Å²) in [4.78, 5) is 26.3. The molecule has 3 aromatic rings. The third-order valence-corrected chi connectivity index (χ3v) is 6.80. The molecule has 1 saturated heterocycles. The first-order valence-corrected chi connectivity index (χ1v) is 11.5. The number of halogens is 1. The van der Waals surface area contributed by atoms with E-state index in [1.165, 1.54) is 17.1 Å². The van der Waals surface area contributed by atoms with E-state index in [0.717, 1.165) is 56.0 Å². The Morgan fingerprint density at radius 3 is 2.72 bits per heavy atom. The van der Waals surface area contributed by atoms with E-state index in [0.29, 0.717) is 11.8 Å². The third-order valence-electron chi connectivity index (χ3n) is 5.68. The summed E-state index contributed by atoms with van der Waals surface area (Å²) in [7, 11) is 0. The van der Waals surface area contributed by atoms with Crippen LogP contribution in [0.5, 0.6) is 0 Å². The summed E-state index contributed by atoms with van der Waals surface area (Å²) in [5, 5.41) is 14.4.